The van der Waals surface area contributed by atoms with Gasteiger partial charge in [-0.1, -0.05) is 12.1 Å². The molecule has 3 nitrogen and oxygen atoms in total. The monoisotopic (exact) mass is 280 g/mol. The molecule has 0 saturated heterocycles. The molecule has 102 valence electrons. The Labute approximate surface area is 116 Å². The van der Waals surface area contributed by atoms with Crippen LogP contribution in [0.2, 0.25) is 0 Å². The molecule has 0 fully saturated rings. The van der Waals surface area contributed by atoms with Crippen molar-refractivity contribution in [3.63, 3.8) is 0 Å². The third-order valence-electron chi connectivity index (χ3n) is 3.11. The normalized spacial score (nSPS) is 14.3. The number of thiazole rings is 1. The van der Waals surface area contributed by atoms with E-state index >= 15 is 0 Å². The molecule has 0 aliphatic heterocycles. The molecule has 2 aromatic rings. The molecule has 0 amide bonds. The number of aliphatic hydroxyl groups is 1. The lowest BCUT2D eigenvalue weighted by molar-refractivity contribution is 0.135. The number of benzene rings is 1. The molecule has 2 atom stereocenters. The summed E-state index contributed by atoms with van der Waals surface area (Å²) < 4.78 is 12.8. The minimum Gasteiger partial charge on any atom is -0.387 e. The van der Waals surface area contributed by atoms with Crippen LogP contribution in [0.25, 0.3) is 0 Å². The maximum Gasteiger partial charge on any atom is 0.123 e. The maximum absolute atomic E-state index is 12.8. The topological polar surface area (TPSA) is 45.2 Å². The van der Waals surface area contributed by atoms with Gasteiger partial charge in [-0.15, -0.1) is 11.3 Å². The summed E-state index contributed by atoms with van der Waals surface area (Å²) in [6.45, 7) is 4.55. The van der Waals surface area contributed by atoms with E-state index in [0.29, 0.717) is 12.1 Å². The van der Waals surface area contributed by atoms with Crippen LogP contribution < -0.4 is 5.32 Å². The Morgan fingerprint density at radius 2 is 2.05 bits per heavy atom. The van der Waals surface area contributed by atoms with Gasteiger partial charge in [0.05, 0.1) is 17.3 Å². The molecule has 0 saturated carbocycles. The molecule has 1 aromatic heterocycles. The van der Waals surface area contributed by atoms with E-state index in [0.717, 1.165) is 10.6 Å². The number of halogens is 1. The molecule has 2 N–H and O–H groups in total. The number of aromatic nitrogens is 1. The Bertz CT molecular complexity index is 526. The average Bonchev–Trinajstić information content (AvgIpc) is 2.81. The first-order valence-corrected chi connectivity index (χ1v) is 7.01. The standard InChI is InChI=1S/C14H17FN2OS/c1-9-13(19-8-17-9)7-16-10(2)14(18)11-3-5-12(15)6-4-11/h3-6,8,10,14,16,18H,7H2,1-2H3. The molecule has 2 unspecified atom stereocenters. The molecule has 1 aromatic carbocycles. The molecule has 2 rings (SSSR count). The Morgan fingerprint density at radius 1 is 1.37 bits per heavy atom. The van der Waals surface area contributed by atoms with Crippen LogP contribution in [0.5, 0.6) is 0 Å². The average molecular weight is 280 g/mol. The van der Waals surface area contributed by atoms with Crippen molar-refractivity contribution < 1.29 is 9.50 Å². The summed E-state index contributed by atoms with van der Waals surface area (Å²) in [6, 6.07) is 5.82. The highest BCUT2D eigenvalue weighted by Gasteiger charge is 2.16. The number of nitrogens with zero attached hydrogens (tertiary/aromatic N) is 1. The van der Waals surface area contributed by atoms with Crippen LogP contribution in [-0.2, 0) is 6.54 Å². The molecule has 19 heavy (non-hydrogen) atoms. The Kier molecular flexibility index (Phi) is 4.63. The Morgan fingerprint density at radius 3 is 2.63 bits per heavy atom. The summed E-state index contributed by atoms with van der Waals surface area (Å²) in [7, 11) is 0. The van der Waals surface area contributed by atoms with E-state index in [1.54, 1.807) is 23.5 Å². The molecular formula is C14H17FN2OS. The smallest absolute Gasteiger partial charge is 0.123 e. The van der Waals surface area contributed by atoms with Crippen molar-refractivity contribution in [2.24, 2.45) is 0 Å². The number of hydrogen-bond acceptors (Lipinski definition) is 4. The van der Waals surface area contributed by atoms with Crippen molar-refractivity contribution in [2.75, 3.05) is 0 Å². The van der Waals surface area contributed by atoms with Gasteiger partial charge in [0, 0.05) is 17.5 Å². The summed E-state index contributed by atoms with van der Waals surface area (Å²) in [4.78, 5) is 5.35. The highest BCUT2D eigenvalue weighted by molar-refractivity contribution is 7.09. The fourth-order valence-electron chi connectivity index (χ4n) is 1.81. The first-order chi connectivity index (χ1) is 9.08. The van der Waals surface area contributed by atoms with E-state index in [9.17, 15) is 9.50 Å². The third-order valence-corrected chi connectivity index (χ3v) is 4.05. The molecule has 0 aliphatic rings. The van der Waals surface area contributed by atoms with Gasteiger partial charge in [0.15, 0.2) is 0 Å². The van der Waals surface area contributed by atoms with Crippen molar-refractivity contribution >= 4 is 11.3 Å². The molecule has 1 heterocycles. The SMILES string of the molecule is Cc1ncsc1CNC(C)C(O)c1ccc(F)cc1. The van der Waals surface area contributed by atoms with E-state index in [1.165, 1.54) is 12.1 Å². The second-order valence-corrected chi connectivity index (χ2v) is 5.47. The van der Waals surface area contributed by atoms with Crippen molar-refractivity contribution in [1.82, 2.24) is 10.3 Å². The number of aliphatic hydroxyl groups excluding tert-OH is 1. The summed E-state index contributed by atoms with van der Waals surface area (Å²) in [5.41, 5.74) is 3.54. The van der Waals surface area contributed by atoms with E-state index in [-0.39, 0.29) is 11.9 Å². The molecule has 5 heteroatoms. The predicted molar refractivity (Wildman–Crippen MR) is 74.5 cm³/mol. The molecule has 0 aliphatic carbocycles. The first kappa shape index (κ1) is 14.1. The van der Waals surface area contributed by atoms with Gasteiger partial charge in [0.25, 0.3) is 0 Å². The van der Waals surface area contributed by atoms with Crippen molar-refractivity contribution in [1.29, 1.82) is 0 Å². The molecule has 0 radical (unpaired) electrons. The van der Waals surface area contributed by atoms with Crippen molar-refractivity contribution in [3.05, 3.63) is 51.7 Å². The largest absolute Gasteiger partial charge is 0.387 e. The lowest BCUT2D eigenvalue weighted by Crippen LogP contribution is -2.31. The second kappa shape index (κ2) is 6.23. The fraction of sp³-hybridized carbons (Fsp3) is 0.357. The Balaban J connectivity index is 1.94. The van der Waals surface area contributed by atoms with Gasteiger partial charge in [0.2, 0.25) is 0 Å². The number of hydrogen-bond donors (Lipinski definition) is 2. The van der Waals surface area contributed by atoms with Crippen LogP contribution in [0, 0.1) is 12.7 Å². The van der Waals surface area contributed by atoms with Gasteiger partial charge in [-0.2, -0.15) is 0 Å². The fourth-order valence-corrected chi connectivity index (χ4v) is 2.54. The Hall–Kier alpha value is -1.30. The lowest BCUT2D eigenvalue weighted by atomic mass is 10.0. The highest BCUT2D eigenvalue weighted by atomic mass is 32.1. The van der Waals surface area contributed by atoms with Crippen LogP contribution in [0.3, 0.4) is 0 Å². The third kappa shape index (κ3) is 3.59. The van der Waals surface area contributed by atoms with Gasteiger partial charge in [0.1, 0.15) is 5.82 Å². The van der Waals surface area contributed by atoms with Crippen LogP contribution in [0.15, 0.2) is 29.8 Å². The van der Waals surface area contributed by atoms with Gasteiger partial charge in [-0.3, -0.25) is 0 Å². The molecule has 0 bridgehead atoms. The van der Waals surface area contributed by atoms with E-state index in [4.69, 9.17) is 0 Å². The minimum atomic E-state index is -0.658. The van der Waals surface area contributed by atoms with Crippen LogP contribution in [-0.4, -0.2) is 16.1 Å². The van der Waals surface area contributed by atoms with Crippen LogP contribution in [0.1, 0.15) is 29.2 Å². The van der Waals surface area contributed by atoms with Gasteiger partial charge in [-0.25, -0.2) is 9.37 Å². The zero-order chi connectivity index (χ0) is 13.8. The van der Waals surface area contributed by atoms with Crippen LogP contribution in [0.4, 0.5) is 4.39 Å². The quantitative estimate of drug-likeness (QED) is 0.885. The lowest BCUT2D eigenvalue weighted by Gasteiger charge is -2.20. The summed E-state index contributed by atoms with van der Waals surface area (Å²) in [5.74, 6) is -0.295. The number of rotatable bonds is 5. The molecular weight excluding hydrogens is 263 g/mol. The summed E-state index contributed by atoms with van der Waals surface area (Å²) in [5, 5.41) is 13.4. The zero-order valence-electron chi connectivity index (χ0n) is 10.9. The zero-order valence-corrected chi connectivity index (χ0v) is 11.7. The minimum absolute atomic E-state index is 0.119. The molecule has 0 spiro atoms. The van der Waals surface area contributed by atoms with Crippen LogP contribution >= 0.6 is 11.3 Å². The second-order valence-electron chi connectivity index (χ2n) is 4.53. The van der Waals surface area contributed by atoms with E-state index in [1.807, 2.05) is 19.4 Å². The number of nitrogens with one attached hydrogen (secondary N) is 1. The number of aryl methyl sites for hydroxylation is 1. The van der Waals surface area contributed by atoms with Crippen molar-refractivity contribution in [2.45, 2.75) is 32.5 Å². The van der Waals surface area contributed by atoms with Crippen molar-refractivity contribution in [3.8, 4) is 0 Å². The maximum atomic E-state index is 12.8. The predicted octanol–water partition coefficient (Wildman–Crippen LogP) is 2.80. The van der Waals surface area contributed by atoms with E-state index in [2.05, 4.69) is 10.3 Å². The summed E-state index contributed by atoms with van der Waals surface area (Å²) >= 11 is 1.60. The van der Waals surface area contributed by atoms with Gasteiger partial charge in [-0.05, 0) is 31.5 Å². The van der Waals surface area contributed by atoms with Gasteiger partial charge < -0.3 is 10.4 Å². The summed E-state index contributed by atoms with van der Waals surface area (Å²) in [6.07, 6.45) is -0.658. The van der Waals surface area contributed by atoms with E-state index < -0.39 is 6.10 Å². The van der Waals surface area contributed by atoms with Gasteiger partial charge >= 0.3 is 0 Å². The highest BCUT2D eigenvalue weighted by Crippen LogP contribution is 2.18. The first-order valence-electron chi connectivity index (χ1n) is 6.14.